The van der Waals surface area contributed by atoms with Crippen LogP contribution < -0.4 is 0 Å². The van der Waals surface area contributed by atoms with Gasteiger partial charge in [-0.2, -0.15) is 0 Å². The van der Waals surface area contributed by atoms with E-state index in [1.54, 1.807) is 6.08 Å². The number of ether oxygens (including phenoxy) is 1. The lowest BCUT2D eigenvalue weighted by molar-refractivity contribution is -0.145. The fourth-order valence-electron chi connectivity index (χ4n) is 1.76. The van der Waals surface area contributed by atoms with Gasteiger partial charge in [0.05, 0.1) is 13.2 Å². The number of hydrogen-bond acceptors (Lipinski definition) is 4. The molecule has 1 heterocycles. The smallest absolute Gasteiger partial charge is 0.323 e. The average molecular weight is 199 g/mol. The molecule has 0 saturated carbocycles. The monoisotopic (exact) mass is 199 g/mol. The molecule has 0 aromatic carbocycles. The molecule has 4 nitrogen and oxygen atoms in total. The van der Waals surface area contributed by atoms with Crippen molar-refractivity contribution in [1.29, 1.82) is 0 Å². The minimum atomic E-state index is -0.413. The van der Waals surface area contributed by atoms with Gasteiger partial charge in [0, 0.05) is 19.5 Å². The highest BCUT2D eigenvalue weighted by Crippen LogP contribution is 2.19. The van der Waals surface area contributed by atoms with E-state index in [2.05, 4.69) is 11.3 Å². The Morgan fingerprint density at radius 3 is 3.07 bits per heavy atom. The number of esters is 1. The Morgan fingerprint density at radius 2 is 2.50 bits per heavy atom. The van der Waals surface area contributed by atoms with Crippen molar-refractivity contribution in [1.82, 2.24) is 4.90 Å². The lowest BCUT2D eigenvalue weighted by atomic mass is 10.2. The molecular weight excluding hydrogens is 182 g/mol. The largest absolute Gasteiger partial charge is 0.468 e. The maximum absolute atomic E-state index is 11.3. The van der Waals surface area contributed by atoms with Crippen molar-refractivity contribution in [3.8, 4) is 0 Å². The minimum Gasteiger partial charge on any atom is -0.468 e. The number of aliphatic hydroxyl groups is 1. The van der Waals surface area contributed by atoms with E-state index in [9.17, 15) is 9.90 Å². The average Bonchev–Trinajstić information content (AvgIpc) is 2.55. The van der Waals surface area contributed by atoms with E-state index in [4.69, 9.17) is 0 Å². The van der Waals surface area contributed by atoms with Crippen LogP contribution in [0.3, 0.4) is 0 Å². The van der Waals surface area contributed by atoms with Crippen LogP contribution in [0.1, 0.15) is 12.8 Å². The fraction of sp³-hybridized carbons (Fsp3) is 0.700. The first kappa shape index (κ1) is 11.2. The molecule has 2 atom stereocenters. The first-order valence-electron chi connectivity index (χ1n) is 4.80. The molecule has 0 amide bonds. The number of carbonyl (C=O) groups is 1. The van der Waals surface area contributed by atoms with Crippen LogP contribution in [0.5, 0.6) is 0 Å². The van der Waals surface area contributed by atoms with Crippen LogP contribution in [-0.4, -0.2) is 48.3 Å². The Labute approximate surface area is 84.2 Å². The third-order valence-electron chi connectivity index (χ3n) is 2.48. The van der Waals surface area contributed by atoms with E-state index in [-0.39, 0.29) is 12.0 Å². The summed E-state index contributed by atoms with van der Waals surface area (Å²) < 4.78 is 4.68. The number of rotatable bonds is 4. The predicted molar refractivity (Wildman–Crippen MR) is 52.8 cm³/mol. The van der Waals surface area contributed by atoms with Crippen LogP contribution in [0.2, 0.25) is 0 Å². The van der Waals surface area contributed by atoms with E-state index < -0.39 is 6.10 Å². The number of likely N-dealkylation sites (tertiary alicyclic amines) is 1. The van der Waals surface area contributed by atoms with E-state index in [0.717, 1.165) is 13.0 Å². The van der Waals surface area contributed by atoms with Gasteiger partial charge in [-0.25, -0.2) is 0 Å². The van der Waals surface area contributed by atoms with E-state index in [1.807, 2.05) is 4.90 Å². The number of nitrogens with zero attached hydrogens (tertiary/aromatic N) is 1. The normalized spacial score (nSPS) is 27.6. The Morgan fingerprint density at radius 1 is 1.79 bits per heavy atom. The molecular formula is C10H17NO3. The molecule has 1 rings (SSSR count). The molecule has 4 heteroatoms. The lowest BCUT2D eigenvalue weighted by Crippen LogP contribution is -2.37. The maximum Gasteiger partial charge on any atom is 0.323 e. The van der Waals surface area contributed by atoms with Gasteiger partial charge >= 0.3 is 5.97 Å². The molecule has 0 spiro atoms. The van der Waals surface area contributed by atoms with Crippen LogP contribution in [-0.2, 0) is 9.53 Å². The van der Waals surface area contributed by atoms with Crippen molar-refractivity contribution >= 4 is 5.97 Å². The molecule has 14 heavy (non-hydrogen) atoms. The summed E-state index contributed by atoms with van der Waals surface area (Å²) in [5.41, 5.74) is 0. The zero-order chi connectivity index (χ0) is 10.6. The Kier molecular flexibility index (Phi) is 4.10. The van der Waals surface area contributed by atoms with Gasteiger partial charge in [0.25, 0.3) is 0 Å². The van der Waals surface area contributed by atoms with Gasteiger partial charge in [0.15, 0.2) is 0 Å². The van der Waals surface area contributed by atoms with Gasteiger partial charge in [0.2, 0.25) is 0 Å². The summed E-state index contributed by atoms with van der Waals surface area (Å²) in [7, 11) is 1.37. The second-order valence-corrected chi connectivity index (χ2v) is 3.50. The summed E-state index contributed by atoms with van der Waals surface area (Å²) in [4.78, 5) is 13.3. The van der Waals surface area contributed by atoms with Crippen LogP contribution in [0.15, 0.2) is 12.7 Å². The first-order chi connectivity index (χ1) is 6.69. The van der Waals surface area contributed by atoms with Crippen molar-refractivity contribution in [2.75, 3.05) is 20.2 Å². The van der Waals surface area contributed by atoms with Crippen LogP contribution in [0.25, 0.3) is 0 Å². The van der Waals surface area contributed by atoms with Gasteiger partial charge < -0.3 is 9.84 Å². The van der Waals surface area contributed by atoms with E-state index in [0.29, 0.717) is 13.0 Å². The summed E-state index contributed by atoms with van der Waals surface area (Å²) in [5, 5.41) is 9.44. The van der Waals surface area contributed by atoms with Gasteiger partial charge in [-0.3, -0.25) is 9.69 Å². The molecule has 80 valence electrons. The van der Waals surface area contributed by atoms with Crippen molar-refractivity contribution in [2.45, 2.75) is 25.0 Å². The Balaban J connectivity index is 2.53. The van der Waals surface area contributed by atoms with Gasteiger partial charge in [-0.1, -0.05) is 6.08 Å². The van der Waals surface area contributed by atoms with Crippen LogP contribution in [0, 0.1) is 0 Å². The molecule has 1 aliphatic heterocycles. The minimum absolute atomic E-state index is 0.259. The molecule has 0 aromatic heterocycles. The van der Waals surface area contributed by atoms with E-state index in [1.165, 1.54) is 7.11 Å². The number of hydrogen-bond donors (Lipinski definition) is 1. The lowest BCUT2D eigenvalue weighted by Gasteiger charge is -2.20. The maximum atomic E-state index is 11.3. The molecule has 1 aliphatic rings. The van der Waals surface area contributed by atoms with Crippen molar-refractivity contribution in [3.05, 3.63) is 12.7 Å². The van der Waals surface area contributed by atoms with Crippen LogP contribution in [0.4, 0.5) is 0 Å². The molecule has 1 saturated heterocycles. The molecule has 1 fully saturated rings. The molecule has 2 unspecified atom stereocenters. The number of aliphatic hydroxyl groups excluding tert-OH is 1. The van der Waals surface area contributed by atoms with E-state index >= 15 is 0 Å². The summed E-state index contributed by atoms with van der Waals surface area (Å²) in [6.45, 7) is 4.92. The molecule has 0 bridgehead atoms. The highest BCUT2D eigenvalue weighted by Gasteiger charge is 2.35. The highest BCUT2D eigenvalue weighted by atomic mass is 16.5. The SMILES string of the molecule is C=CCCN1CC(O)CC1C(=O)OC. The number of carbonyl (C=O) groups excluding carboxylic acids is 1. The third kappa shape index (κ3) is 2.56. The second kappa shape index (κ2) is 5.12. The summed E-state index contributed by atoms with van der Waals surface area (Å²) >= 11 is 0. The Bertz CT molecular complexity index is 217. The fourth-order valence-corrected chi connectivity index (χ4v) is 1.76. The number of β-amino-alcohol motifs (C(OH)–C–C–N with tert-alkyl or cyclic N) is 1. The molecule has 0 radical (unpaired) electrons. The summed E-state index contributed by atoms with van der Waals surface area (Å²) in [5.74, 6) is -0.259. The van der Waals surface area contributed by atoms with Gasteiger partial charge in [-0.15, -0.1) is 6.58 Å². The highest BCUT2D eigenvalue weighted by molar-refractivity contribution is 5.76. The zero-order valence-corrected chi connectivity index (χ0v) is 8.48. The number of methoxy groups -OCH3 is 1. The molecule has 1 N–H and O–H groups in total. The van der Waals surface area contributed by atoms with Crippen LogP contribution >= 0.6 is 0 Å². The van der Waals surface area contributed by atoms with Crippen molar-refractivity contribution in [3.63, 3.8) is 0 Å². The summed E-state index contributed by atoms with van der Waals surface area (Å²) in [6.07, 6.45) is 2.69. The quantitative estimate of drug-likeness (QED) is 0.518. The van der Waals surface area contributed by atoms with Gasteiger partial charge in [-0.05, 0) is 6.42 Å². The standard InChI is InChI=1S/C10H17NO3/c1-3-4-5-11-7-8(12)6-9(11)10(13)14-2/h3,8-9,12H,1,4-7H2,2H3. The molecule has 0 aromatic rings. The van der Waals surface area contributed by atoms with Crippen molar-refractivity contribution < 1.29 is 14.6 Å². The van der Waals surface area contributed by atoms with Crippen molar-refractivity contribution in [2.24, 2.45) is 0 Å². The predicted octanol–water partition coefficient (Wildman–Crippen LogP) is 0.171. The summed E-state index contributed by atoms with van der Waals surface area (Å²) in [6, 6.07) is -0.282. The second-order valence-electron chi connectivity index (χ2n) is 3.50. The Hall–Kier alpha value is -0.870. The molecule has 0 aliphatic carbocycles. The zero-order valence-electron chi connectivity index (χ0n) is 8.48. The topological polar surface area (TPSA) is 49.8 Å². The first-order valence-corrected chi connectivity index (χ1v) is 4.80. The third-order valence-corrected chi connectivity index (χ3v) is 2.48. The van der Waals surface area contributed by atoms with Gasteiger partial charge in [0.1, 0.15) is 6.04 Å².